The number of pyridine rings is 1. The summed E-state index contributed by atoms with van der Waals surface area (Å²) in [5.74, 6) is -0.122. The van der Waals surface area contributed by atoms with E-state index in [1.54, 1.807) is 24.3 Å². The number of para-hydroxylation sites is 1. The molecule has 0 aliphatic rings. The molecule has 8 heteroatoms. The van der Waals surface area contributed by atoms with Crippen LogP contribution in [0.4, 0.5) is 11.4 Å². The predicted molar refractivity (Wildman–Crippen MR) is 120 cm³/mol. The van der Waals surface area contributed by atoms with Crippen molar-refractivity contribution in [3.63, 3.8) is 0 Å². The molecule has 0 radical (unpaired) electrons. The highest BCUT2D eigenvalue weighted by molar-refractivity contribution is 6.30. The number of benzene rings is 3. The second-order valence-electron chi connectivity index (χ2n) is 6.67. The summed E-state index contributed by atoms with van der Waals surface area (Å²) in [4.78, 5) is 28.5. The first-order valence-electron chi connectivity index (χ1n) is 9.26. The van der Waals surface area contributed by atoms with Gasteiger partial charge in [-0.1, -0.05) is 41.9 Å². The Balaban J connectivity index is 1.80. The number of fused-ring (bicyclic) bond motifs is 1. The van der Waals surface area contributed by atoms with E-state index in [1.165, 1.54) is 25.3 Å². The molecule has 0 saturated carbocycles. The standard InChI is InChI=1S/C23H16ClN3O4/c1-31-22-11-10-16(27(29)30)12-21(22)26-23(28)18-13-20(14-6-8-15(24)9-7-14)25-19-5-3-2-4-17(18)19/h2-13H,1H3,(H,26,28). The lowest BCUT2D eigenvalue weighted by atomic mass is 10.0. The predicted octanol–water partition coefficient (Wildman–Crippen LogP) is 5.72. The Bertz CT molecular complexity index is 1310. The number of nitrogens with zero attached hydrogens (tertiary/aromatic N) is 2. The number of halogens is 1. The third-order valence-corrected chi connectivity index (χ3v) is 4.99. The third-order valence-electron chi connectivity index (χ3n) is 4.74. The number of nitrogens with one attached hydrogen (secondary N) is 1. The summed E-state index contributed by atoms with van der Waals surface area (Å²) in [5.41, 5.74) is 2.48. The monoisotopic (exact) mass is 433 g/mol. The first kappa shape index (κ1) is 20.3. The Morgan fingerprint density at radius 2 is 1.81 bits per heavy atom. The van der Waals surface area contributed by atoms with E-state index in [2.05, 4.69) is 10.3 Å². The van der Waals surface area contributed by atoms with Crippen molar-refractivity contribution in [3.05, 3.63) is 93.5 Å². The van der Waals surface area contributed by atoms with E-state index in [1.807, 2.05) is 30.3 Å². The molecule has 0 bridgehead atoms. The first-order chi connectivity index (χ1) is 15.0. The van der Waals surface area contributed by atoms with E-state index in [0.29, 0.717) is 32.9 Å². The lowest BCUT2D eigenvalue weighted by molar-refractivity contribution is -0.384. The topological polar surface area (TPSA) is 94.4 Å². The van der Waals surface area contributed by atoms with Crippen molar-refractivity contribution >= 4 is 39.8 Å². The summed E-state index contributed by atoms with van der Waals surface area (Å²) in [6.45, 7) is 0. The minimum absolute atomic E-state index is 0.155. The second-order valence-corrected chi connectivity index (χ2v) is 7.11. The van der Waals surface area contributed by atoms with Crippen molar-refractivity contribution < 1.29 is 14.5 Å². The van der Waals surface area contributed by atoms with Crippen LogP contribution in [0.25, 0.3) is 22.2 Å². The highest BCUT2D eigenvalue weighted by atomic mass is 35.5. The molecule has 4 rings (SSSR count). The van der Waals surface area contributed by atoms with Crippen LogP contribution in [-0.2, 0) is 0 Å². The molecule has 1 N–H and O–H groups in total. The van der Waals surface area contributed by atoms with Crippen LogP contribution in [0, 0.1) is 10.1 Å². The molecule has 0 unspecified atom stereocenters. The fourth-order valence-electron chi connectivity index (χ4n) is 3.23. The maximum absolute atomic E-state index is 13.2. The highest BCUT2D eigenvalue weighted by Crippen LogP contribution is 2.31. The molecule has 0 aliphatic heterocycles. The molecule has 4 aromatic rings. The van der Waals surface area contributed by atoms with Crippen LogP contribution in [0.3, 0.4) is 0 Å². The zero-order valence-corrected chi connectivity index (χ0v) is 17.1. The number of carbonyl (C=O) groups is 1. The van der Waals surface area contributed by atoms with Crippen LogP contribution in [0.1, 0.15) is 10.4 Å². The SMILES string of the molecule is COc1ccc([N+](=O)[O-])cc1NC(=O)c1cc(-c2ccc(Cl)cc2)nc2ccccc12. The average Bonchev–Trinajstić information content (AvgIpc) is 2.78. The second kappa shape index (κ2) is 8.41. The minimum Gasteiger partial charge on any atom is -0.495 e. The van der Waals surface area contributed by atoms with Crippen molar-refractivity contribution in [1.29, 1.82) is 0 Å². The quantitative estimate of drug-likeness (QED) is 0.320. The Hall–Kier alpha value is -3.97. The highest BCUT2D eigenvalue weighted by Gasteiger charge is 2.18. The van der Waals surface area contributed by atoms with E-state index in [9.17, 15) is 14.9 Å². The smallest absolute Gasteiger partial charge is 0.271 e. The van der Waals surface area contributed by atoms with E-state index < -0.39 is 10.8 Å². The third kappa shape index (κ3) is 4.17. The van der Waals surface area contributed by atoms with Crippen LogP contribution in [-0.4, -0.2) is 22.9 Å². The molecular formula is C23H16ClN3O4. The molecule has 1 amide bonds. The summed E-state index contributed by atoms with van der Waals surface area (Å²) in [5, 5.41) is 15.1. The van der Waals surface area contributed by atoms with Crippen molar-refractivity contribution in [1.82, 2.24) is 4.98 Å². The normalized spacial score (nSPS) is 10.6. The summed E-state index contributed by atoms with van der Waals surface area (Å²) < 4.78 is 5.25. The van der Waals surface area contributed by atoms with Gasteiger partial charge in [0, 0.05) is 28.1 Å². The Morgan fingerprint density at radius 3 is 2.52 bits per heavy atom. The van der Waals surface area contributed by atoms with Gasteiger partial charge in [-0.05, 0) is 30.3 Å². The molecule has 0 fully saturated rings. The van der Waals surface area contributed by atoms with Crippen LogP contribution in [0.5, 0.6) is 5.75 Å². The summed E-state index contributed by atoms with van der Waals surface area (Å²) in [6, 6.07) is 20.1. The van der Waals surface area contributed by atoms with Gasteiger partial charge in [0.1, 0.15) is 5.75 Å². The summed E-state index contributed by atoms with van der Waals surface area (Å²) >= 11 is 5.99. The van der Waals surface area contributed by atoms with E-state index in [0.717, 1.165) is 5.56 Å². The van der Waals surface area contributed by atoms with Crippen LogP contribution in [0.2, 0.25) is 5.02 Å². The fraction of sp³-hybridized carbons (Fsp3) is 0.0435. The lowest BCUT2D eigenvalue weighted by Crippen LogP contribution is -2.14. The Kier molecular flexibility index (Phi) is 5.51. The molecule has 1 aromatic heterocycles. The number of aromatic nitrogens is 1. The van der Waals surface area contributed by atoms with Crippen LogP contribution < -0.4 is 10.1 Å². The first-order valence-corrected chi connectivity index (χ1v) is 9.63. The molecule has 154 valence electrons. The largest absolute Gasteiger partial charge is 0.495 e. The lowest BCUT2D eigenvalue weighted by Gasteiger charge is -2.13. The van der Waals surface area contributed by atoms with Gasteiger partial charge in [-0.15, -0.1) is 0 Å². The van der Waals surface area contributed by atoms with Crippen LogP contribution >= 0.6 is 11.6 Å². The van der Waals surface area contributed by atoms with Crippen molar-refractivity contribution in [2.75, 3.05) is 12.4 Å². The van der Waals surface area contributed by atoms with Crippen molar-refractivity contribution in [2.24, 2.45) is 0 Å². The molecule has 7 nitrogen and oxygen atoms in total. The molecule has 1 heterocycles. The number of carbonyl (C=O) groups excluding carboxylic acids is 1. The average molecular weight is 434 g/mol. The van der Waals surface area contributed by atoms with Gasteiger partial charge in [0.05, 0.1) is 34.5 Å². The number of hydrogen-bond donors (Lipinski definition) is 1. The van der Waals surface area contributed by atoms with Gasteiger partial charge < -0.3 is 10.1 Å². The van der Waals surface area contributed by atoms with E-state index in [4.69, 9.17) is 16.3 Å². The van der Waals surface area contributed by atoms with E-state index in [-0.39, 0.29) is 11.4 Å². The molecule has 0 saturated heterocycles. The zero-order chi connectivity index (χ0) is 22.0. The van der Waals surface area contributed by atoms with Crippen molar-refractivity contribution in [2.45, 2.75) is 0 Å². The summed E-state index contributed by atoms with van der Waals surface area (Å²) in [6.07, 6.45) is 0. The van der Waals surface area contributed by atoms with Gasteiger partial charge >= 0.3 is 0 Å². The number of nitro benzene ring substituents is 1. The number of rotatable bonds is 5. The number of nitro groups is 1. The Morgan fingerprint density at radius 1 is 1.06 bits per heavy atom. The molecule has 0 spiro atoms. The van der Waals surface area contributed by atoms with Gasteiger partial charge in [0.25, 0.3) is 11.6 Å². The zero-order valence-electron chi connectivity index (χ0n) is 16.3. The van der Waals surface area contributed by atoms with Gasteiger partial charge in [-0.3, -0.25) is 14.9 Å². The molecule has 0 atom stereocenters. The summed E-state index contributed by atoms with van der Waals surface area (Å²) in [7, 11) is 1.43. The molecule has 0 aliphatic carbocycles. The number of non-ortho nitro benzene ring substituents is 1. The maximum Gasteiger partial charge on any atom is 0.271 e. The van der Waals surface area contributed by atoms with Gasteiger partial charge in [0.2, 0.25) is 0 Å². The van der Waals surface area contributed by atoms with Crippen LogP contribution in [0.15, 0.2) is 72.8 Å². The fourth-order valence-corrected chi connectivity index (χ4v) is 3.35. The molecule has 3 aromatic carbocycles. The minimum atomic E-state index is -0.532. The number of hydrogen-bond acceptors (Lipinski definition) is 5. The van der Waals surface area contributed by atoms with Gasteiger partial charge in [0.15, 0.2) is 0 Å². The molecular weight excluding hydrogens is 418 g/mol. The Labute approximate surface area is 182 Å². The van der Waals surface area contributed by atoms with Gasteiger partial charge in [-0.2, -0.15) is 0 Å². The number of anilines is 1. The molecule has 31 heavy (non-hydrogen) atoms. The maximum atomic E-state index is 13.2. The van der Waals surface area contributed by atoms with Gasteiger partial charge in [-0.25, -0.2) is 4.98 Å². The van der Waals surface area contributed by atoms with Crippen molar-refractivity contribution in [3.8, 4) is 17.0 Å². The number of methoxy groups -OCH3 is 1. The van der Waals surface area contributed by atoms with E-state index >= 15 is 0 Å². The number of ether oxygens (including phenoxy) is 1. The number of amides is 1.